The van der Waals surface area contributed by atoms with Crippen LogP contribution in [0.1, 0.15) is 12.8 Å². The van der Waals surface area contributed by atoms with Gasteiger partial charge in [-0.2, -0.15) is 4.98 Å². The lowest BCUT2D eigenvalue weighted by Crippen LogP contribution is -2.27. The summed E-state index contributed by atoms with van der Waals surface area (Å²) in [5, 5.41) is 6.45. The minimum absolute atomic E-state index is 0.179. The molecule has 0 radical (unpaired) electrons. The number of rotatable bonds is 9. The molecule has 5 heterocycles. The molecule has 2 aromatic heterocycles. The third-order valence-corrected chi connectivity index (χ3v) is 6.03. The number of allylic oxidation sites excluding steroid dienone is 1. The van der Waals surface area contributed by atoms with Crippen LogP contribution >= 0.6 is 0 Å². The number of ether oxygens (including phenoxy) is 3. The Bertz CT molecular complexity index is 1210. The van der Waals surface area contributed by atoms with Crippen molar-refractivity contribution in [3.8, 4) is 11.6 Å². The number of nitrogens with zero attached hydrogens (tertiary/aromatic N) is 5. The van der Waals surface area contributed by atoms with Gasteiger partial charge in [0.25, 0.3) is 0 Å². The van der Waals surface area contributed by atoms with Crippen molar-refractivity contribution < 1.29 is 19.0 Å². The molecule has 3 aliphatic rings. The van der Waals surface area contributed by atoms with Crippen LogP contribution in [0.25, 0.3) is 0 Å². The molecular formula is C25H29N7O4. The molecule has 2 N–H and O–H groups in total. The molecule has 1 unspecified atom stereocenters. The highest BCUT2D eigenvalue weighted by Gasteiger charge is 2.33. The number of amides is 1. The zero-order valence-corrected chi connectivity index (χ0v) is 20.2. The van der Waals surface area contributed by atoms with Crippen LogP contribution in [0.4, 0.5) is 27.9 Å². The van der Waals surface area contributed by atoms with Crippen LogP contribution in [0.5, 0.6) is 11.6 Å². The zero-order chi connectivity index (χ0) is 25.1. The molecule has 188 valence electrons. The van der Waals surface area contributed by atoms with E-state index < -0.39 is 0 Å². The first-order valence-corrected chi connectivity index (χ1v) is 11.9. The topological polar surface area (TPSA) is 113 Å². The highest BCUT2D eigenvalue weighted by Crippen LogP contribution is 2.33. The second-order valence-corrected chi connectivity index (χ2v) is 8.69. The number of aliphatic imine (C=N–C) groups is 1. The summed E-state index contributed by atoms with van der Waals surface area (Å²) in [6, 6.07) is 7.26. The first kappa shape index (κ1) is 23.6. The predicted octanol–water partition coefficient (Wildman–Crippen LogP) is 3.23. The lowest BCUT2D eigenvalue weighted by atomic mass is 10.2. The van der Waals surface area contributed by atoms with Gasteiger partial charge in [-0.1, -0.05) is 13.2 Å². The Labute approximate surface area is 209 Å². The summed E-state index contributed by atoms with van der Waals surface area (Å²) in [7, 11) is 1.90. The molecule has 3 aliphatic heterocycles. The van der Waals surface area contributed by atoms with E-state index in [1.54, 1.807) is 23.2 Å². The van der Waals surface area contributed by atoms with Crippen molar-refractivity contribution >= 4 is 35.4 Å². The third-order valence-electron chi connectivity index (χ3n) is 6.03. The molecule has 2 aromatic rings. The van der Waals surface area contributed by atoms with Crippen molar-refractivity contribution in [2.75, 3.05) is 55.0 Å². The summed E-state index contributed by atoms with van der Waals surface area (Å²) in [5.41, 5.74) is 2.29. The van der Waals surface area contributed by atoms with Crippen LogP contribution in [0, 0.1) is 0 Å². The van der Waals surface area contributed by atoms with E-state index in [9.17, 15) is 4.79 Å². The van der Waals surface area contributed by atoms with Gasteiger partial charge in [0.2, 0.25) is 5.88 Å². The Morgan fingerprint density at radius 1 is 1.22 bits per heavy atom. The number of cyclic esters (lactones) is 1. The van der Waals surface area contributed by atoms with Crippen molar-refractivity contribution in [2.24, 2.45) is 4.99 Å². The molecule has 0 aliphatic carbocycles. The van der Waals surface area contributed by atoms with Crippen LogP contribution in [0.3, 0.4) is 0 Å². The van der Waals surface area contributed by atoms with Crippen LogP contribution in [0.2, 0.25) is 0 Å². The van der Waals surface area contributed by atoms with Gasteiger partial charge in [-0.15, -0.1) is 0 Å². The van der Waals surface area contributed by atoms with Crippen molar-refractivity contribution in [3.63, 3.8) is 0 Å². The third kappa shape index (κ3) is 5.10. The second kappa shape index (κ2) is 10.2. The maximum Gasteiger partial charge on any atom is 0.415 e. The van der Waals surface area contributed by atoms with Crippen LogP contribution in [-0.2, 0) is 4.74 Å². The van der Waals surface area contributed by atoms with Gasteiger partial charge < -0.3 is 29.7 Å². The van der Waals surface area contributed by atoms with Crippen molar-refractivity contribution in [1.82, 2.24) is 15.3 Å². The molecule has 36 heavy (non-hydrogen) atoms. The number of carbonyl (C=O) groups is 1. The van der Waals surface area contributed by atoms with E-state index in [-0.39, 0.29) is 12.2 Å². The molecule has 1 atom stereocenters. The minimum Gasteiger partial charge on any atom is -0.484 e. The number of pyridine rings is 2. The van der Waals surface area contributed by atoms with Crippen molar-refractivity contribution in [2.45, 2.75) is 18.9 Å². The number of nitrogens with one attached hydrogen (secondary N) is 2. The maximum absolute atomic E-state index is 12.4. The summed E-state index contributed by atoms with van der Waals surface area (Å²) < 4.78 is 16.9. The maximum atomic E-state index is 12.4. The molecule has 0 spiro atoms. The quantitative estimate of drug-likeness (QED) is 0.510. The minimum atomic E-state index is -0.387. The fourth-order valence-corrected chi connectivity index (χ4v) is 4.05. The highest BCUT2D eigenvalue weighted by molar-refractivity contribution is 5.91. The molecular weight excluding hydrogens is 462 g/mol. The van der Waals surface area contributed by atoms with Crippen molar-refractivity contribution in [3.05, 3.63) is 48.8 Å². The Hall–Kier alpha value is -4.12. The van der Waals surface area contributed by atoms with E-state index in [0.29, 0.717) is 49.6 Å². The smallest absolute Gasteiger partial charge is 0.415 e. The lowest BCUT2D eigenvalue weighted by molar-refractivity contribution is 0.135. The molecule has 11 heteroatoms. The second-order valence-electron chi connectivity index (χ2n) is 8.69. The average Bonchev–Trinajstić information content (AvgIpc) is 3.25. The van der Waals surface area contributed by atoms with Gasteiger partial charge in [0.15, 0.2) is 17.4 Å². The Kier molecular flexibility index (Phi) is 6.72. The van der Waals surface area contributed by atoms with Gasteiger partial charge in [-0.05, 0) is 37.6 Å². The van der Waals surface area contributed by atoms with Crippen molar-refractivity contribution in [1.29, 1.82) is 0 Å². The summed E-state index contributed by atoms with van der Waals surface area (Å²) in [4.78, 5) is 29.2. The molecule has 0 saturated carbocycles. The zero-order valence-electron chi connectivity index (χ0n) is 20.2. The SMILES string of the molecule is C=C1COc2ccc(N3CC(CCCNCCOc4ccc5c(n4)N(C)C(=C)C=N5)OC3=O)nc2N1. The first-order valence-electron chi connectivity index (χ1n) is 11.9. The van der Waals surface area contributed by atoms with E-state index in [4.69, 9.17) is 14.2 Å². The molecule has 1 amide bonds. The monoisotopic (exact) mass is 491 g/mol. The Morgan fingerprint density at radius 2 is 2.11 bits per heavy atom. The fourth-order valence-electron chi connectivity index (χ4n) is 4.05. The number of aromatic nitrogens is 2. The standard InChI is InChI=1S/C25H29N7O4/c1-16-15-35-20-7-8-21(29-23(20)28-16)32-14-18(36-25(32)33)5-4-10-26-11-12-34-22-9-6-19-24(30-22)31(3)17(2)13-27-19/h6-9,13,18,26H,1-2,4-5,10-12,14-15H2,3H3,(H,28,29). The Morgan fingerprint density at radius 3 is 3.00 bits per heavy atom. The molecule has 0 aromatic carbocycles. The number of anilines is 3. The van der Waals surface area contributed by atoms with Gasteiger partial charge >= 0.3 is 6.09 Å². The van der Waals surface area contributed by atoms with Crippen LogP contribution in [-0.4, -0.2) is 68.3 Å². The predicted molar refractivity (Wildman–Crippen MR) is 138 cm³/mol. The Balaban J connectivity index is 1.01. The molecule has 1 fully saturated rings. The van der Waals surface area contributed by atoms with E-state index in [1.807, 2.05) is 24.1 Å². The summed E-state index contributed by atoms with van der Waals surface area (Å²) in [6.45, 7) is 10.6. The summed E-state index contributed by atoms with van der Waals surface area (Å²) in [5.74, 6) is 3.00. The van der Waals surface area contributed by atoms with Gasteiger partial charge in [-0.25, -0.2) is 9.78 Å². The van der Waals surface area contributed by atoms with Gasteiger partial charge in [-0.3, -0.25) is 9.89 Å². The molecule has 0 bridgehead atoms. The molecule has 1 saturated heterocycles. The van der Waals surface area contributed by atoms with Gasteiger partial charge in [0.05, 0.1) is 18.5 Å². The largest absolute Gasteiger partial charge is 0.484 e. The van der Waals surface area contributed by atoms with Crippen LogP contribution < -0.4 is 29.9 Å². The van der Waals surface area contributed by atoms with Crippen LogP contribution in [0.15, 0.2) is 53.8 Å². The number of hydrogen-bond acceptors (Lipinski definition) is 10. The number of fused-ring (bicyclic) bond motifs is 2. The molecule has 5 rings (SSSR count). The summed E-state index contributed by atoms with van der Waals surface area (Å²) >= 11 is 0. The van der Waals surface area contributed by atoms with E-state index in [2.05, 4.69) is 38.8 Å². The number of carbonyl (C=O) groups excluding carboxylic acids is 1. The van der Waals surface area contributed by atoms with Gasteiger partial charge in [0.1, 0.15) is 30.8 Å². The fraction of sp³-hybridized carbons (Fsp3) is 0.360. The summed E-state index contributed by atoms with van der Waals surface area (Å²) in [6.07, 6.45) is 2.76. The molecule has 11 nitrogen and oxygen atoms in total. The van der Waals surface area contributed by atoms with E-state index in [0.717, 1.165) is 42.3 Å². The van der Waals surface area contributed by atoms with E-state index >= 15 is 0 Å². The highest BCUT2D eigenvalue weighted by atomic mass is 16.6. The lowest BCUT2D eigenvalue weighted by Gasteiger charge is -2.23. The number of hydrogen-bond donors (Lipinski definition) is 2. The normalized spacial score (nSPS) is 18.4. The average molecular weight is 492 g/mol. The van der Waals surface area contributed by atoms with E-state index in [1.165, 1.54) is 0 Å². The first-order chi connectivity index (χ1) is 17.5. The van der Waals surface area contributed by atoms with Gasteiger partial charge in [0, 0.05) is 25.4 Å².